The number of nitrogens with zero attached hydrogens (tertiary/aromatic N) is 2. The second-order valence-electron chi connectivity index (χ2n) is 7.62. The Morgan fingerprint density at radius 1 is 1.12 bits per heavy atom. The number of anilines is 1. The van der Waals surface area contributed by atoms with Gasteiger partial charge in [0.05, 0.1) is 12.2 Å². The van der Waals surface area contributed by atoms with Crippen LogP contribution in [0.4, 0.5) is 5.69 Å². The number of rotatable bonds is 8. The van der Waals surface area contributed by atoms with E-state index in [0.717, 1.165) is 32.5 Å². The van der Waals surface area contributed by atoms with Crippen molar-refractivity contribution in [3.8, 4) is 6.07 Å². The van der Waals surface area contributed by atoms with Crippen LogP contribution in [0.5, 0.6) is 0 Å². The van der Waals surface area contributed by atoms with E-state index in [1.165, 1.54) is 11.8 Å². The molecule has 0 bridgehead atoms. The van der Waals surface area contributed by atoms with Gasteiger partial charge in [-0.15, -0.1) is 0 Å². The van der Waals surface area contributed by atoms with Crippen LogP contribution in [-0.2, 0) is 16.1 Å². The maximum atomic E-state index is 12.5. The lowest BCUT2D eigenvalue weighted by Gasteiger charge is -2.32. The number of nitrogens with one attached hydrogen (secondary N) is 2. The summed E-state index contributed by atoms with van der Waals surface area (Å²) in [5.41, 5.74) is 2.21. The van der Waals surface area contributed by atoms with Crippen molar-refractivity contribution in [3.05, 3.63) is 77.5 Å². The van der Waals surface area contributed by atoms with Crippen LogP contribution in [-0.4, -0.2) is 42.5 Å². The van der Waals surface area contributed by atoms with Gasteiger partial charge in [-0.1, -0.05) is 30.3 Å². The predicted octanol–water partition coefficient (Wildman–Crippen LogP) is 3.46. The molecule has 2 N–H and O–H groups in total. The van der Waals surface area contributed by atoms with E-state index in [2.05, 4.69) is 39.8 Å². The van der Waals surface area contributed by atoms with Crippen LogP contribution in [0.1, 0.15) is 35.7 Å². The third kappa shape index (κ3) is 6.69. The molecule has 7 nitrogen and oxygen atoms in total. The van der Waals surface area contributed by atoms with Crippen LogP contribution in [0.25, 0.3) is 0 Å². The average molecular weight is 433 g/mol. The van der Waals surface area contributed by atoms with Gasteiger partial charge in [0.2, 0.25) is 0 Å². The summed E-state index contributed by atoms with van der Waals surface area (Å²) in [6.45, 7) is 4.89. The topological polar surface area (TPSA) is 94.5 Å². The molecule has 32 heavy (non-hydrogen) atoms. The highest BCUT2D eigenvalue weighted by atomic mass is 16.5. The molecule has 0 aliphatic carbocycles. The number of nitriles is 1. The Morgan fingerprint density at radius 3 is 2.44 bits per heavy atom. The minimum absolute atomic E-state index is 0.00573. The maximum Gasteiger partial charge on any atom is 0.338 e. The fourth-order valence-corrected chi connectivity index (χ4v) is 3.55. The summed E-state index contributed by atoms with van der Waals surface area (Å²) in [6.07, 6.45) is 3.39. The molecule has 0 unspecified atom stereocenters. The Hall–Kier alpha value is -3.63. The van der Waals surface area contributed by atoms with Gasteiger partial charge in [-0.2, -0.15) is 5.26 Å². The molecule has 7 heteroatoms. The Bertz CT molecular complexity index is 972. The van der Waals surface area contributed by atoms with E-state index in [4.69, 9.17) is 4.74 Å². The summed E-state index contributed by atoms with van der Waals surface area (Å²) < 4.78 is 4.94. The van der Waals surface area contributed by atoms with Gasteiger partial charge in [0.1, 0.15) is 11.6 Å². The molecule has 2 aromatic rings. The number of hydrogen-bond acceptors (Lipinski definition) is 6. The largest absolute Gasteiger partial charge is 0.462 e. The van der Waals surface area contributed by atoms with Crippen LogP contribution >= 0.6 is 0 Å². The molecule has 1 saturated heterocycles. The Balaban J connectivity index is 1.48. The van der Waals surface area contributed by atoms with Gasteiger partial charge in [-0.05, 0) is 49.6 Å². The molecular formula is C25H28N4O3. The highest BCUT2D eigenvalue weighted by Gasteiger charge is 2.19. The molecule has 166 valence electrons. The molecule has 0 radical (unpaired) electrons. The highest BCUT2D eigenvalue weighted by Crippen LogP contribution is 2.15. The molecule has 1 aliphatic rings. The number of carbonyl (C=O) groups is 2. The van der Waals surface area contributed by atoms with Crippen molar-refractivity contribution in [2.45, 2.75) is 32.4 Å². The average Bonchev–Trinajstić information content (AvgIpc) is 2.82. The van der Waals surface area contributed by atoms with Crippen molar-refractivity contribution in [2.24, 2.45) is 0 Å². The first-order valence-electron chi connectivity index (χ1n) is 10.8. The third-order valence-electron chi connectivity index (χ3n) is 5.32. The highest BCUT2D eigenvalue weighted by molar-refractivity contribution is 6.06. The monoisotopic (exact) mass is 432 g/mol. The molecular weight excluding hydrogens is 404 g/mol. The molecule has 1 heterocycles. The van der Waals surface area contributed by atoms with Crippen molar-refractivity contribution < 1.29 is 14.3 Å². The Labute approximate surface area is 188 Å². The van der Waals surface area contributed by atoms with Crippen molar-refractivity contribution in [2.75, 3.05) is 25.0 Å². The predicted molar refractivity (Wildman–Crippen MR) is 123 cm³/mol. The van der Waals surface area contributed by atoms with E-state index in [-0.39, 0.29) is 11.6 Å². The molecule has 1 fully saturated rings. The quantitative estimate of drug-likeness (QED) is 0.377. The number of amides is 1. The van der Waals surface area contributed by atoms with Crippen molar-refractivity contribution in [1.82, 2.24) is 10.2 Å². The maximum absolute atomic E-state index is 12.5. The fourth-order valence-electron chi connectivity index (χ4n) is 3.55. The molecule has 0 spiro atoms. The summed E-state index contributed by atoms with van der Waals surface area (Å²) in [5.74, 6) is -0.910. The first-order chi connectivity index (χ1) is 15.6. The molecule has 1 aliphatic heterocycles. The van der Waals surface area contributed by atoms with E-state index in [9.17, 15) is 14.9 Å². The van der Waals surface area contributed by atoms with Gasteiger partial charge in [-0.25, -0.2) is 4.79 Å². The minimum Gasteiger partial charge on any atom is -0.462 e. The number of ether oxygens (including phenoxy) is 1. The lowest BCUT2D eigenvalue weighted by Crippen LogP contribution is -2.40. The third-order valence-corrected chi connectivity index (χ3v) is 5.32. The van der Waals surface area contributed by atoms with Crippen LogP contribution < -0.4 is 10.6 Å². The normalized spacial score (nSPS) is 14.9. The first kappa shape index (κ1) is 23.0. The van der Waals surface area contributed by atoms with E-state index >= 15 is 0 Å². The summed E-state index contributed by atoms with van der Waals surface area (Å²) in [7, 11) is 0. The van der Waals surface area contributed by atoms with Crippen molar-refractivity contribution >= 4 is 17.6 Å². The van der Waals surface area contributed by atoms with Crippen LogP contribution in [0.15, 0.2) is 66.4 Å². The summed E-state index contributed by atoms with van der Waals surface area (Å²) in [6, 6.07) is 18.9. The summed E-state index contributed by atoms with van der Waals surface area (Å²) >= 11 is 0. The number of likely N-dealkylation sites (tertiary alicyclic amines) is 1. The van der Waals surface area contributed by atoms with Gasteiger partial charge in [0.25, 0.3) is 5.91 Å². The van der Waals surface area contributed by atoms with Crippen molar-refractivity contribution in [3.63, 3.8) is 0 Å². The number of hydrogen-bond donors (Lipinski definition) is 2. The zero-order chi connectivity index (χ0) is 22.8. The lowest BCUT2D eigenvalue weighted by molar-refractivity contribution is -0.112. The molecule has 0 aromatic heterocycles. The number of carbonyl (C=O) groups excluding carboxylic acids is 2. The van der Waals surface area contributed by atoms with Gasteiger partial charge in [0, 0.05) is 37.6 Å². The number of piperidine rings is 1. The van der Waals surface area contributed by atoms with E-state index in [1.54, 1.807) is 31.2 Å². The zero-order valence-corrected chi connectivity index (χ0v) is 18.2. The van der Waals surface area contributed by atoms with Crippen LogP contribution in [0, 0.1) is 11.3 Å². The molecule has 2 aromatic carbocycles. The second-order valence-corrected chi connectivity index (χ2v) is 7.62. The van der Waals surface area contributed by atoms with Crippen LogP contribution in [0.2, 0.25) is 0 Å². The number of esters is 1. The second kappa shape index (κ2) is 11.7. The number of benzene rings is 2. The van der Waals surface area contributed by atoms with Gasteiger partial charge in [-0.3, -0.25) is 9.69 Å². The smallest absolute Gasteiger partial charge is 0.338 e. The van der Waals surface area contributed by atoms with Gasteiger partial charge >= 0.3 is 5.97 Å². The SMILES string of the molecule is CCOC(=O)c1ccc(NC(=O)/C(C#N)=C\NC2CCN(Cc3ccccc3)CC2)cc1. The molecule has 0 atom stereocenters. The molecule has 1 amide bonds. The summed E-state index contributed by atoms with van der Waals surface area (Å²) in [5, 5.41) is 15.3. The minimum atomic E-state index is -0.495. The standard InChI is InChI=1S/C25H28N4O3/c1-2-32-25(31)20-8-10-23(11-9-20)28-24(30)21(16-26)17-27-22-12-14-29(15-13-22)18-19-6-4-3-5-7-19/h3-11,17,22,27H,2,12-15,18H2,1H3,(H,28,30)/b21-17-. The lowest BCUT2D eigenvalue weighted by atomic mass is 10.0. The Morgan fingerprint density at radius 2 is 1.81 bits per heavy atom. The summed E-state index contributed by atoms with van der Waals surface area (Å²) in [4.78, 5) is 26.6. The van der Waals surface area contributed by atoms with E-state index in [0.29, 0.717) is 17.9 Å². The zero-order valence-electron chi connectivity index (χ0n) is 18.2. The Kier molecular flexibility index (Phi) is 8.41. The van der Waals surface area contributed by atoms with E-state index in [1.807, 2.05) is 12.1 Å². The van der Waals surface area contributed by atoms with Crippen molar-refractivity contribution in [1.29, 1.82) is 5.26 Å². The first-order valence-corrected chi connectivity index (χ1v) is 10.8. The molecule has 3 rings (SSSR count). The van der Waals surface area contributed by atoms with E-state index < -0.39 is 11.9 Å². The fraction of sp³-hybridized carbons (Fsp3) is 0.320. The molecule has 0 saturated carbocycles. The van der Waals surface area contributed by atoms with Crippen LogP contribution in [0.3, 0.4) is 0 Å². The van der Waals surface area contributed by atoms with Gasteiger partial charge in [0.15, 0.2) is 0 Å². The van der Waals surface area contributed by atoms with Gasteiger partial charge < -0.3 is 15.4 Å².